The maximum atomic E-state index is 12.5. The lowest BCUT2D eigenvalue weighted by Gasteiger charge is -2.20. The summed E-state index contributed by atoms with van der Waals surface area (Å²) in [6.45, 7) is 3.53. The van der Waals surface area contributed by atoms with Crippen LogP contribution in [-0.4, -0.2) is 30.7 Å². The molecule has 0 fully saturated rings. The zero-order valence-electron chi connectivity index (χ0n) is 18.2. The molecule has 6 nitrogen and oxygen atoms in total. The minimum atomic E-state index is -0.724. The van der Waals surface area contributed by atoms with Gasteiger partial charge in [-0.05, 0) is 40.5 Å². The standard InChI is InChI=1S/C26H27N3O3/c1-19(2)25(26(31)29-27-16-8-11-20-9-4-3-5-10-20)28-24(30)18-32-23-15-14-21-12-6-7-13-22(21)17-23/h3-17,19,25H,18H2,1-2H3,(H,28,30)(H,29,31)/b11-8+,27-16?/t25-/m0/s1. The van der Waals surface area contributed by atoms with Crippen molar-refractivity contribution in [3.63, 3.8) is 0 Å². The molecule has 0 bridgehead atoms. The van der Waals surface area contributed by atoms with Crippen LogP contribution in [0.3, 0.4) is 0 Å². The van der Waals surface area contributed by atoms with Gasteiger partial charge in [-0.25, -0.2) is 5.43 Å². The Morgan fingerprint density at radius 1 is 0.969 bits per heavy atom. The third-order valence-electron chi connectivity index (χ3n) is 4.78. The van der Waals surface area contributed by atoms with E-state index in [2.05, 4.69) is 15.8 Å². The number of nitrogens with zero attached hydrogens (tertiary/aromatic N) is 1. The van der Waals surface area contributed by atoms with Gasteiger partial charge in [0.2, 0.25) is 0 Å². The lowest BCUT2D eigenvalue weighted by molar-refractivity contribution is -0.131. The Kier molecular flexibility index (Phi) is 8.15. The summed E-state index contributed by atoms with van der Waals surface area (Å²) in [4.78, 5) is 24.8. The topological polar surface area (TPSA) is 79.8 Å². The van der Waals surface area contributed by atoms with Gasteiger partial charge >= 0.3 is 0 Å². The minimum absolute atomic E-state index is 0.116. The van der Waals surface area contributed by atoms with Gasteiger partial charge in [-0.3, -0.25) is 9.59 Å². The van der Waals surface area contributed by atoms with Gasteiger partial charge in [-0.1, -0.05) is 80.6 Å². The molecule has 0 radical (unpaired) electrons. The number of fused-ring (bicyclic) bond motifs is 1. The van der Waals surface area contributed by atoms with Crippen molar-refractivity contribution in [1.82, 2.24) is 10.7 Å². The van der Waals surface area contributed by atoms with Crippen LogP contribution >= 0.6 is 0 Å². The molecular formula is C26H27N3O3. The molecule has 3 rings (SSSR count). The fourth-order valence-electron chi connectivity index (χ4n) is 3.09. The molecule has 6 heteroatoms. The summed E-state index contributed by atoms with van der Waals surface area (Å²) >= 11 is 0. The van der Waals surface area contributed by atoms with Crippen LogP contribution in [-0.2, 0) is 9.59 Å². The number of carbonyl (C=O) groups excluding carboxylic acids is 2. The molecule has 2 N–H and O–H groups in total. The first-order chi connectivity index (χ1) is 15.5. The molecule has 0 unspecified atom stereocenters. The van der Waals surface area contributed by atoms with Gasteiger partial charge in [0.1, 0.15) is 11.8 Å². The highest BCUT2D eigenvalue weighted by Crippen LogP contribution is 2.20. The number of nitrogens with one attached hydrogen (secondary N) is 2. The van der Waals surface area contributed by atoms with Crippen molar-refractivity contribution in [2.45, 2.75) is 19.9 Å². The van der Waals surface area contributed by atoms with E-state index in [4.69, 9.17) is 4.74 Å². The van der Waals surface area contributed by atoms with E-state index in [9.17, 15) is 9.59 Å². The van der Waals surface area contributed by atoms with Gasteiger partial charge < -0.3 is 10.1 Å². The number of amides is 2. The summed E-state index contributed by atoms with van der Waals surface area (Å²) in [5.74, 6) is -0.280. The van der Waals surface area contributed by atoms with E-state index in [1.165, 1.54) is 6.21 Å². The zero-order valence-corrected chi connectivity index (χ0v) is 18.2. The fraction of sp³-hybridized carbons (Fsp3) is 0.192. The Hall–Kier alpha value is -3.93. The Balaban J connectivity index is 1.49. The summed E-state index contributed by atoms with van der Waals surface area (Å²) < 4.78 is 5.61. The van der Waals surface area contributed by atoms with Crippen LogP contribution in [0.25, 0.3) is 16.8 Å². The van der Waals surface area contributed by atoms with Crippen molar-refractivity contribution in [1.29, 1.82) is 0 Å². The van der Waals surface area contributed by atoms with Gasteiger partial charge in [0.25, 0.3) is 11.8 Å². The van der Waals surface area contributed by atoms with Crippen LogP contribution in [0.4, 0.5) is 0 Å². The number of hydrogen-bond donors (Lipinski definition) is 2. The average molecular weight is 430 g/mol. The molecule has 3 aromatic carbocycles. The second-order valence-corrected chi connectivity index (χ2v) is 7.61. The summed E-state index contributed by atoms with van der Waals surface area (Å²) in [7, 11) is 0. The second kappa shape index (κ2) is 11.5. The van der Waals surface area contributed by atoms with E-state index >= 15 is 0 Å². The second-order valence-electron chi connectivity index (χ2n) is 7.61. The van der Waals surface area contributed by atoms with Gasteiger partial charge in [0.15, 0.2) is 6.61 Å². The third kappa shape index (κ3) is 6.80. The van der Waals surface area contributed by atoms with Crippen molar-refractivity contribution < 1.29 is 14.3 Å². The third-order valence-corrected chi connectivity index (χ3v) is 4.78. The van der Waals surface area contributed by atoms with E-state index in [1.54, 1.807) is 6.08 Å². The molecule has 2 amide bonds. The first-order valence-corrected chi connectivity index (χ1v) is 10.5. The largest absolute Gasteiger partial charge is 0.484 e. The van der Waals surface area contributed by atoms with Gasteiger partial charge in [0.05, 0.1) is 0 Å². The lowest BCUT2D eigenvalue weighted by atomic mass is 10.0. The number of rotatable bonds is 9. The molecule has 0 aliphatic heterocycles. The summed E-state index contributed by atoms with van der Waals surface area (Å²) in [6, 6.07) is 22.6. The van der Waals surface area contributed by atoms with Crippen molar-refractivity contribution in [2.75, 3.05) is 6.61 Å². The summed E-state index contributed by atoms with van der Waals surface area (Å²) in [5.41, 5.74) is 3.50. The van der Waals surface area contributed by atoms with Crippen LogP contribution in [0.15, 0.2) is 84.0 Å². The predicted molar refractivity (Wildman–Crippen MR) is 128 cm³/mol. The number of allylic oxidation sites excluding steroid dienone is 1. The number of hydrogen-bond acceptors (Lipinski definition) is 4. The molecule has 0 aliphatic rings. The highest BCUT2D eigenvalue weighted by atomic mass is 16.5. The zero-order chi connectivity index (χ0) is 22.8. The maximum absolute atomic E-state index is 12.5. The van der Waals surface area contributed by atoms with Crippen molar-refractivity contribution >= 4 is 34.9 Å². The molecule has 0 spiro atoms. The first kappa shape index (κ1) is 22.7. The molecule has 0 aromatic heterocycles. The van der Waals surface area contributed by atoms with Gasteiger partial charge in [-0.15, -0.1) is 0 Å². The van der Waals surface area contributed by atoms with E-state index in [0.29, 0.717) is 5.75 Å². The number of benzene rings is 3. The summed E-state index contributed by atoms with van der Waals surface area (Å²) in [5, 5.41) is 8.78. The Morgan fingerprint density at radius 2 is 1.69 bits per heavy atom. The van der Waals surface area contributed by atoms with E-state index in [-0.39, 0.29) is 24.3 Å². The Morgan fingerprint density at radius 3 is 2.44 bits per heavy atom. The number of ether oxygens (including phenoxy) is 1. The van der Waals surface area contributed by atoms with Crippen LogP contribution in [0, 0.1) is 5.92 Å². The number of carbonyl (C=O) groups is 2. The summed E-state index contributed by atoms with van der Waals surface area (Å²) in [6.07, 6.45) is 5.10. The average Bonchev–Trinajstić information content (AvgIpc) is 2.81. The first-order valence-electron chi connectivity index (χ1n) is 10.5. The van der Waals surface area contributed by atoms with Gasteiger partial charge in [0, 0.05) is 6.21 Å². The van der Waals surface area contributed by atoms with Crippen molar-refractivity contribution in [3.05, 3.63) is 84.4 Å². The van der Waals surface area contributed by atoms with Crippen LogP contribution < -0.4 is 15.5 Å². The Bertz CT molecular complexity index is 1110. The van der Waals surface area contributed by atoms with Crippen LogP contribution in [0.5, 0.6) is 5.75 Å². The van der Waals surface area contributed by atoms with E-state index in [1.807, 2.05) is 92.7 Å². The monoisotopic (exact) mass is 429 g/mol. The SMILES string of the molecule is CC(C)[C@H](NC(=O)COc1ccc2ccccc2c1)C(=O)NN=C/C=C/c1ccccc1. The maximum Gasteiger partial charge on any atom is 0.262 e. The highest BCUT2D eigenvalue weighted by molar-refractivity contribution is 5.89. The molecule has 0 saturated heterocycles. The lowest BCUT2D eigenvalue weighted by Crippen LogP contribution is -2.49. The minimum Gasteiger partial charge on any atom is -0.484 e. The highest BCUT2D eigenvalue weighted by Gasteiger charge is 2.24. The number of hydrazone groups is 1. The fourth-order valence-corrected chi connectivity index (χ4v) is 3.09. The van der Waals surface area contributed by atoms with Crippen LogP contribution in [0.1, 0.15) is 19.4 Å². The molecule has 0 aliphatic carbocycles. The van der Waals surface area contributed by atoms with Crippen molar-refractivity contribution in [2.24, 2.45) is 11.0 Å². The Labute approximate surface area is 188 Å². The molecule has 1 atom stereocenters. The normalized spacial score (nSPS) is 12.3. The quantitative estimate of drug-likeness (QED) is 0.396. The van der Waals surface area contributed by atoms with E-state index in [0.717, 1.165) is 16.3 Å². The molecule has 0 saturated carbocycles. The van der Waals surface area contributed by atoms with Crippen LogP contribution in [0.2, 0.25) is 0 Å². The molecular weight excluding hydrogens is 402 g/mol. The molecule has 3 aromatic rings. The molecule has 32 heavy (non-hydrogen) atoms. The van der Waals surface area contributed by atoms with Crippen molar-refractivity contribution in [3.8, 4) is 5.75 Å². The van der Waals surface area contributed by atoms with Gasteiger partial charge in [-0.2, -0.15) is 5.10 Å². The molecule has 0 heterocycles. The molecule has 164 valence electrons. The smallest absolute Gasteiger partial charge is 0.262 e. The predicted octanol–water partition coefficient (Wildman–Crippen LogP) is 4.17. The van der Waals surface area contributed by atoms with E-state index < -0.39 is 6.04 Å².